The molecule has 2 aromatic rings. The third-order valence-electron chi connectivity index (χ3n) is 4.29. The fraction of sp³-hybridized carbons (Fsp3) is 0.533. The minimum absolute atomic E-state index is 0.280. The van der Waals surface area contributed by atoms with Crippen LogP contribution in [-0.4, -0.2) is 34.5 Å². The van der Waals surface area contributed by atoms with Crippen LogP contribution in [0.5, 0.6) is 0 Å². The van der Waals surface area contributed by atoms with Crippen molar-refractivity contribution in [1.29, 1.82) is 0 Å². The number of aromatic amines is 1. The number of H-pyrrole nitrogens is 1. The molecule has 4 heterocycles. The molecule has 0 amide bonds. The molecule has 1 saturated heterocycles. The molecular weight excluding hydrogens is 268 g/mol. The van der Waals surface area contributed by atoms with Gasteiger partial charge in [-0.15, -0.1) is 11.3 Å². The van der Waals surface area contributed by atoms with Gasteiger partial charge in [-0.1, -0.05) is 0 Å². The Balaban J connectivity index is 1.54. The monoisotopic (exact) mass is 288 g/mol. The summed E-state index contributed by atoms with van der Waals surface area (Å²) in [7, 11) is 0. The normalized spacial score (nSPS) is 23.1. The first-order valence-corrected chi connectivity index (χ1v) is 8.28. The Morgan fingerprint density at radius 1 is 1.30 bits per heavy atom. The van der Waals surface area contributed by atoms with Crippen LogP contribution < -0.4 is 5.32 Å². The van der Waals surface area contributed by atoms with Gasteiger partial charge < -0.3 is 10.3 Å². The maximum absolute atomic E-state index is 4.51. The molecule has 0 spiro atoms. The molecule has 0 aliphatic carbocycles. The quantitative estimate of drug-likeness (QED) is 0.911. The van der Waals surface area contributed by atoms with Gasteiger partial charge in [-0.3, -0.25) is 4.90 Å². The van der Waals surface area contributed by atoms with Gasteiger partial charge in [0.15, 0.2) is 0 Å². The van der Waals surface area contributed by atoms with Gasteiger partial charge in [-0.05, 0) is 38.1 Å². The van der Waals surface area contributed by atoms with Crippen LogP contribution in [0.2, 0.25) is 0 Å². The predicted molar refractivity (Wildman–Crippen MR) is 81.0 cm³/mol. The first-order valence-electron chi connectivity index (χ1n) is 7.46. The van der Waals surface area contributed by atoms with E-state index in [1.54, 1.807) is 0 Å². The van der Waals surface area contributed by atoms with Gasteiger partial charge in [0.2, 0.25) is 0 Å². The number of nitrogens with zero attached hydrogens (tertiary/aromatic N) is 2. The zero-order valence-corrected chi connectivity index (χ0v) is 12.4. The van der Waals surface area contributed by atoms with E-state index in [-0.39, 0.29) is 6.04 Å². The van der Waals surface area contributed by atoms with Crippen molar-refractivity contribution in [1.82, 2.24) is 20.2 Å². The zero-order chi connectivity index (χ0) is 13.4. The highest BCUT2D eigenvalue weighted by molar-refractivity contribution is 7.12. The largest absolute Gasteiger partial charge is 0.348 e. The van der Waals surface area contributed by atoms with Crippen molar-refractivity contribution in [2.24, 2.45) is 0 Å². The Labute approximate surface area is 123 Å². The molecule has 20 heavy (non-hydrogen) atoms. The van der Waals surface area contributed by atoms with Crippen LogP contribution in [0.1, 0.15) is 40.0 Å². The van der Waals surface area contributed by atoms with Crippen molar-refractivity contribution in [3.05, 3.63) is 39.6 Å². The van der Waals surface area contributed by atoms with E-state index in [4.69, 9.17) is 0 Å². The van der Waals surface area contributed by atoms with Crippen molar-refractivity contribution in [3.8, 4) is 0 Å². The third-order valence-corrected chi connectivity index (χ3v) is 5.43. The molecule has 2 aliphatic heterocycles. The average molecular weight is 288 g/mol. The summed E-state index contributed by atoms with van der Waals surface area (Å²) in [6, 6.07) is 4.85. The molecule has 2 aliphatic rings. The Bertz CT molecular complexity index is 582. The second-order valence-electron chi connectivity index (χ2n) is 5.69. The molecule has 5 heteroatoms. The zero-order valence-electron chi connectivity index (χ0n) is 11.6. The number of thiophene rings is 1. The van der Waals surface area contributed by atoms with E-state index in [1.807, 2.05) is 17.7 Å². The molecule has 1 fully saturated rings. The van der Waals surface area contributed by atoms with Gasteiger partial charge in [0.1, 0.15) is 0 Å². The Morgan fingerprint density at radius 2 is 2.20 bits per heavy atom. The number of imidazole rings is 1. The molecule has 0 radical (unpaired) electrons. The molecule has 4 rings (SSSR count). The SMILES string of the molecule is c1nc2c([nH]1)CCN[C@@H]2c1ccc(CN2CCCC2)s1. The van der Waals surface area contributed by atoms with Crippen LogP contribution >= 0.6 is 11.3 Å². The van der Waals surface area contributed by atoms with Crippen LogP contribution in [0.3, 0.4) is 0 Å². The standard InChI is InChI=1S/C15H20N4S/c1-2-8-19(7-1)9-11-3-4-13(20-11)15-14-12(5-6-16-15)17-10-18-14/h3-4,10,15-16H,1-2,5-9H2,(H,17,18)/t15-/m1/s1. The fourth-order valence-electron chi connectivity index (χ4n) is 3.25. The molecule has 2 aromatic heterocycles. The van der Waals surface area contributed by atoms with Crippen molar-refractivity contribution in [3.63, 3.8) is 0 Å². The van der Waals surface area contributed by atoms with E-state index in [0.29, 0.717) is 0 Å². The number of nitrogens with one attached hydrogen (secondary N) is 2. The number of hydrogen-bond donors (Lipinski definition) is 2. The maximum atomic E-state index is 4.51. The summed E-state index contributed by atoms with van der Waals surface area (Å²) in [5.74, 6) is 0. The third kappa shape index (κ3) is 2.30. The van der Waals surface area contributed by atoms with Gasteiger partial charge in [0, 0.05) is 35.0 Å². The molecule has 1 atom stereocenters. The van der Waals surface area contributed by atoms with Crippen LogP contribution in [0, 0.1) is 0 Å². The number of fused-ring (bicyclic) bond motifs is 1. The summed E-state index contributed by atoms with van der Waals surface area (Å²) < 4.78 is 0. The van der Waals surface area contributed by atoms with E-state index in [9.17, 15) is 0 Å². The van der Waals surface area contributed by atoms with Gasteiger partial charge >= 0.3 is 0 Å². The summed E-state index contributed by atoms with van der Waals surface area (Å²) in [6.45, 7) is 4.67. The first kappa shape index (κ1) is 12.6. The number of aromatic nitrogens is 2. The second kappa shape index (κ2) is 5.31. The van der Waals surface area contributed by atoms with Gasteiger partial charge in [-0.25, -0.2) is 4.98 Å². The van der Waals surface area contributed by atoms with Gasteiger partial charge in [0.25, 0.3) is 0 Å². The van der Waals surface area contributed by atoms with E-state index in [1.165, 1.54) is 47.1 Å². The molecule has 0 aromatic carbocycles. The number of rotatable bonds is 3. The maximum Gasteiger partial charge on any atom is 0.0926 e. The highest BCUT2D eigenvalue weighted by Crippen LogP contribution is 2.32. The van der Waals surface area contributed by atoms with E-state index < -0.39 is 0 Å². The summed E-state index contributed by atoms with van der Waals surface area (Å²) in [5.41, 5.74) is 2.48. The second-order valence-corrected chi connectivity index (χ2v) is 6.89. The molecule has 4 nitrogen and oxygen atoms in total. The van der Waals surface area contributed by atoms with Crippen molar-refractivity contribution in [2.75, 3.05) is 19.6 Å². The van der Waals surface area contributed by atoms with Crippen molar-refractivity contribution >= 4 is 11.3 Å². The molecule has 2 N–H and O–H groups in total. The summed E-state index contributed by atoms with van der Waals surface area (Å²) in [5, 5.41) is 3.60. The Hall–Kier alpha value is -1.17. The Morgan fingerprint density at radius 3 is 3.10 bits per heavy atom. The van der Waals surface area contributed by atoms with E-state index >= 15 is 0 Å². The minimum atomic E-state index is 0.280. The molecule has 106 valence electrons. The Kier molecular flexibility index (Phi) is 3.34. The highest BCUT2D eigenvalue weighted by atomic mass is 32.1. The molecule has 0 unspecified atom stereocenters. The fourth-order valence-corrected chi connectivity index (χ4v) is 4.38. The van der Waals surface area contributed by atoms with Gasteiger partial charge in [-0.2, -0.15) is 0 Å². The van der Waals surface area contributed by atoms with Crippen LogP contribution in [0.25, 0.3) is 0 Å². The first-order chi connectivity index (χ1) is 9.90. The summed E-state index contributed by atoms with van der Waals surface area (Å²) >= 11 is 1.94. The predicted octanol–water partition coefficient (Wildman–Crippen LogP) is 2.30. The smallest absolute Gasteiger partial charge is 0.0926 e. The molecular formula is C15H20N4S. The van der Waals surface area contributed by atoms with Crippen LogP contribution in [0.15, 0.2) is 18.5 Å². The van der Waals surface area contributed by atoms with Crippen LogP contribution in [-0.2, 0) is 13.0 Å². The van der Waals surface area contributed by atoms with Crippen molar-refractivity contribution in [2.45, 2.75) is 31.8 Å². The van der Waals surface area contributed by atoms with E-state index in [0.717, 1.165) is 19.5 Å². The van der Waals surface area contributed by atoms with Crippen molar-refractivity contribution < 1.29 is 0 Å². The lowest BCUT2D eigenvalue weighted by atomic mass is 10.0. The topological polar surface area (TPSA) is 44.0 Å². The lowest BCUT2D eigenvalue weighted by Gasteiger charge is -2.21. The number of hydrogen-bond acceptors (Lipinski definition) is 4. The number of likely N-dealkylation sites (tertiary alicyclic amines) is 1. The van der Waals surface area contributed by atoms with E-state index in [2.05, 4.69) is 32.3 Å². The molecule has 0 bridgehead atoms. The van der Waals surface area contributed by atoms with Crippen LogP contribution in [0.4, 0.5) is 0 Å². The molecule has 0 saturated carbocycles. The highest BCUT2D eigenvalue weighted by Gasteiger charge is 2.25. The summed E-state index contributed by atoms with van der Waals surface area (Å²) in [4.78, 5) is 13.2. The summed E-state index contributed by atoms with van der Waals surface area (Å²) in [6.07, 6.45) is 5.60. The average Bonchev–Trinajstić information content (AvgIpc) is 3.19. The lowest BCUT2D eigenvalue weighted by molar-refractivity contribution is 0.334. The minimum Gasteiger partial charge on any atom is -0.348 e. The van der Waals surface area contributed by atoms with Gasteiger partial charge in [0.05, 0.1) is 18.1 Å². The lowest BCUT2D eigenvalue weighted by Crippen LogP contribution is -2.30.